The smallest absolute Gasteiger partial charge is 0.143 e. The topological polar surface area (TPSA) is 29.5 Å². The first kappa shape index (κ1) is 31.2. The number of anilines is 3. The molecule has 3 nitrogen and oxygen atoms in total. The summed E-state index contributed by atoms with van der Waals surface area (Å²) < 4.78 is 15.7. The standard InChI is InChI=1S/C52H31NO2S/c1-2-10-38-32(9-1)23-29-46-45-16-8-14-40(51(45)55-52(38)46)34-21-26-36(27-22-34)53(37-28-30-43-42-12-4-6-18-48(42)56-49(43)31-37)35-24-19-33(20-25-35)39-13-7-15-44-41-11-3-5-17-47(41)54-50(39)44/h1-31H. The molecule has 0 unspecified atom stereocenters. The molecule has 4 heteroatoms. The summed E-state index contributed by atoms with van der Waals surface area (Å²) in [6, 6.07) is 67.2. The Bertz CT molecular complexity index is 3480. The van der Waals surface area contributed by atoms with Crippen LogP contribution in [0.15, 0.2) is 197 Å². The molecular weight excluding hydrogens is 703 g/mol. The van der Waals surface area contributed by atoms with Crippen LogP contribution in [0.2, 0.25) is 0 Å². The summed E-state index contributed by atoms with van der Waals surface area (Å²) in [5.74, 6) is 0. The second-order valence-electron chi connectivity index (χ2n) is 14.4. The van der Waals surface area contributed by atoms with Gasteiger partial charge in [0.15, 0.2) is 0 Å². The molecule has 0 N–H and O–H groups in total. The van der Waals surface area contributed by atoms with E-state index in [0.717, 1.165) is 88.6 Å². The van der Waals surface area contributed by atoms with E-state index in [2.05, 4.69) is 181 Å². The number of benzene rings is 9. The maximum Gasteiger partial charge on any atom is 0.143 e. The second kappa shape index (κ2) is 12.2. The highest BCUT2D eigenvalue weighted by atomic mass is 32.1. The van der Waals surface area contributed by atoms with E-state index in [1.165, 1.54) is 25.6 Å². The fourth-order valence-corrected chi connectivity index (χ4v) is 9.75. The Morgan fingerprint density at radius 3 is 1.62 bits per heavy atom. The first-order chi connectivity index (χ1) is 27.7. The van der Waals surface area contributed by atoms with Crippen LogP contribution in [-0.4, -0.2) is 0 Å². The Labute approximate surface area is 325 Å². The second-order valence-corrected chi connectivity index (χ2v) is 15.5. The Balaban J connectivity index is 0.981. The first-order valence-corrected chi connectivity index (χ1v) is 19.7. The summed E-state index contributed by atoms with van der Waals surface area (Å²) in [7, 11) is 0. The lowest BCUT2D eigenvalue weighted by Gasteiger charge is -2.26. The molecule has 3 aromatic heterocycles. The normalized spacial score (nSPS) is 11.9. The van der Waals surface area contributed by atoms with Gasteiger partial charge in [-0.3, -0.25) is 0 Å². The third-order valence-electron chi connectivity index (χ3n) is 11.3. The Morgan fingerprint density at radius 1 is 0.339 bits per heavy atom. The molecule has 0 spiro atoms. The van der Waals surface area contributed by atoms with Gasteiger partial charge in [-0.2, -0.15) is 0 Å². The molecule has 0 radical (unpaired) electrons. The van der Waals surface area contributed by atoms with E-state index in [0.29, 0.717) is 0 Å². The van der Waals surface area contributed by atoms with E-state index in [9.17, 15) is 0 Å². The van der Waals surface area contributed by atoms with E-state index < -0.39 is 0 Å². The van der Waals surface area contributed by atoms with Crippen molar-refractivity contribution in [3.63, 3.8) is 0 Å². The van der Waals surface area contributed by atoms with Crippen molar-refractivity contribution in [2.75, 3.05) is 4.90 Å². The molecule has 12 rings (SSSR count). The van der Waals surface area contributed by atoms with E-state index in [-0.39, 0.29) is 0 Å². The van der Waals surface area contributed by atoms with Crippen molar-refractivity contribution >= 4 is 103 Å². The van der Waals surface area contributed by atoms with Gasteiger partial charge in [-0.1, -0.05) is 133 Å². The number of para-hydroxylation sites is 3. The number of fused-ring (bicyclic) bond motifs is 11. The minimum Gasteiger partial charge on any atom is -0.455 e. The van der Waals surface area contributed by atoms with Crippen molar-refractivity contribution in [2.24, 2.45) is 0 Å². The molecule has 12 aromatic rings. The van der Waals surface area contributed by atoms with E-state index in [1.807, 2.05) is 23.5 Å². The number of nitrogens with zero attached hydrogens (tertiary/aromatic N) is 1. The van der Waals surface area contributed by atoms with Crippen LogP contribution in [0.3, 0.4) is 0 Å². The molecular formula is C52H31NO2S. The minimum atomic E-state index is 0.905. The molecule has 0 saturated heterocycles. The number of thiophene rings is 1. The summed E-state index contributed by atoms with van der Waals surface area (Å²) in [6.45, 7) is 0. The van der Waals surface area contributed by atoms with Crippen molar-refractivity contribution in [1.29, 1.82) is 0 Å². The highest BCUT2D eigenvalue weighted by molar-refractivity contribution is 7.25. The first-order valence-electron chi connectivity index (χ1n) is 18.9. The average molecular weight is 734 g/mol. The molecule has 0 saturated carbocycles. The molecule has 0 aliphatic heterocycles. The predicted octanol–water partition coefficient (Wildman–Crippen LogP) is 15.8. The Morgan fingerprint density at radius 2 is 0.875 bits per heavy atom. The fraction of sp³-hybridized carbons (Fsp3) is 0. The van der Waals surface area contributed by atoms with Gasteiger partial charge in [0.05, 0.1) is 0 Å². The van der Waals surface area contributed by atoms with Gasteiger partial charge < -0.3 is 13.7 Å². The fourth-order valence-electron chi connectivity index (χ4n) is 8.61. The van der Waals surface area contributed by atoms with Crippen molar-refractivity contribution in [2.45, 2.75) is 0 Å². The summed E-state index contributed by atoms with van der Waals surface area (Å²) in [5, 5.41) is 9.43. The van der Waals surface area contributed by atoms with Crippen molar-refractivity contribution < 1.29 is 8.83 Å². The van der Waals surface area contributed by atoms with Gasteiger partial charge in [-0.05, 0) is 71.1 Å². The number of furan rings is 2. The molecule has 0 fully saturated rings. The molecule has 262 valence electrons. The molecule has 56 heavy (non-hydrogen) atoms. The SMILES string of the molecule is c1ccc2c(c1)ccc1c3cccc(-c4ccc(N(c5ccc(-c6cccc7c6oc6ccccc67)cc5)c5ccc6c(c5)sc5ccccc56)cc4)c3oc21. The van der Waals surface area contributed by atoms with Crippen LogP contribution in [0, 0.1) is 0 Å². The van der Waals surface area contributed by atoms with Gasteiger partial charge in [0.1, 0.15) is 22.3 Å². The molecule has 0 amide bonds. The third-order valence-corrected chi connectivity index (χ3v) is 12.4. The quantitative estimate of drug-likeness (QED) is 0.176. The lowest BCUT2D eigenvalue weighted by molar-refractivity contribution is 0.670. The summed E-state index contributed by atoms with van der Waals surface area (Å²) in [4.78, 5) is 2.35. The zero-order chi connectivity index (χ0) is 36.7. The highest BCUT2D eigenvalue weighted by Gasteiger charge is 2.19. The number of hydrogen-bond donors (Lipinski definition) is 0. The zero-order valence-corrected chi connectivity index (χ0v) is 30.9. The maximum atomic E-state index is 6.71. The summed E-state index contributed by atoms with van der Waals surface area (Å²) in [5.41, 5.74) is 11.3. The zero-order valence-electron chi connectivity index (χ0n) is 30.1. The number of rotatable bonds is 5. The van der Waals surface area contributed by atoms with Crippen LogP contribution in [0.1, 0.15) is 0 Å². The molecule has 9 aromatic carbocycles. The van der Waals surface area contributed by atoms with Crippen LogP contribution in [0.25, 0.3) is 97.1 Å². The summed E-state index contributed by atoms with van der Waals surface area (Å²) >= 11 is 1.84. The molecule has 3 heterocycles. The van der Waals surface area contributed by atoms with Crippen LogP contribution in [0.5, 0.6) is 0 Å². The average Bonchev–Trinajstić information content (AvgIpc) is 3.96. The van der Waals surface area contributed by atoms with Crippen molar-refractivity contribution in [3.05, 3.63) is 188 Å². The van der Waals surface area contributed by atoms with Crippen LogP contribution in [-0.2, 0) is 0 Å². The minimum absolute atomic E-state index is 0.905. The van der Waals surface area contributed by atoms with Crippen molar-refractivity contribution in [3.8, 4) is 22.3 Å². The highest BCUT2D eigenvalue weighted by Crippen LogP contribution is 2.44. The monoisotopic (exact) mass is 733 g/mol. The van der Waals surface area contributed by atoms with Gasteiger partial charge >= 0.3 is 0 Å². The van der Waals surface area contributed by atoms with E-state index >= 15 is 0 Å². The summed E-state index contributed by atoms with van der Waals surface area (Å²) in [6.07, 6.45) is 0. The third kappa shape index (κ3) is 4.76. The van der Waals surface area contributed by atoms with Crippen LogP contribution in [0.4, 0.5) is 17.1 Å². The maximum absolute atomic E-state index is 6.71. The van der Waals surface area contributed by atoms with Gasteiger partial charge in [0.2, 0.25) is 0 Å². The number of hydrogen-bond acceptors (Lipinski definition) is 4. The van der Waals surface area contributed by atoms with Crippen LogP contribution >= 0.6 is 11.3 Å². The van der Waals surface area contributed by atoms with Crippen LogP contribution < -0.4 is 4.90 Å². The molecule has 0 aliphatic rings. The lowest BCUT2D eigenvalue weighted by Crippen LogP contribution is -2.09. The molecule has 0 atom stereocenters. The molecule has 0 bridgehead atoms. The van der Waals surface area contributed by atoms with Gasteiger partial charge in [-0.25, -0.2) is 0 Å². The van der Waals surface area contributed by atoms with Gasteiger partial charge in [-0.15, -0.1) is 11.3 Å². The van der Waals surface area contributed by atoms with Gasteiger partial charge in [0.25, 0.3) is 0 Å². The van der Waals surface area contributed by atoms with E-state index in [1.54, 1.807) is 0 Å². The molecule has 0 aliphatic carbocycles. The predicted molar refractivity (Wildman–Crippen MR) is 237 cm³/mol. The van der Waals surface area contributed by atoms with Gasteiger partial charge in [0, 0.05) is 75.3 Å². The Hall–Kier alpha value is -7.14. The lowest BCUT2D eigenvalue weighted by atomic mass is 10.0. The Kier molecular flexibility index (Phi) is 6.80. The van der Waals surface area contributed by atoms with Crippen molar-refractivity contribution in [1.82, 2.24) is 0 Å². The largest absolute Gasteiger partial charge is 0.455 e. The van der Waals surface area contributed by atoms with E-state index in [4.69, 9.17) is 8.83 Å².